The van der Waals surface area contributed by atoms with E-state index in [4.69, 9.17) is 11.6 Å². The summed E-state index contributed by atoms with van der Waals surface area (Å²) in [5.41, 5.74) is 0.963. The van der Waals surface area contributed by atoms with E-state index in [2.05, 4.69) is 25.5 Å². The monoisotopic (exact) mass is 391 g/mol. The van der Waals surface area contributed by atoms with Crippen LogP contribution >= 0.6 is 22.9 Å². The number of nitrogens with zero attached hydrogens (tertiary/aromatic N) is 3. The van der Waals surface area contributed by atoms with Gasteiger partial charge in [0.25, 0.3) is 0 Å². The third-order valence-electron chi connectivity index (χ3n) is 5.43. The third kappa shape index (κ3) is 4.13. The van der Waals surface area contributed by atoms with Crippen LogP contribution in [-0.4, -0.2) is 48.1 Å². The van der Waals surface area contributed by atoms with Crippen LogP contribution in [0.5, 0.6) is 0 Å². The molecule has 1 unspecified atom stereocenters. The SMILES string of the molecule is CN=C(NCc1nc2cc(Cl)ccc2s1)NC1CCN(C2CCCC2)C1. The van der Waals surface area contributed by atoms with Gasteiger partial charge in [-0.2, -0.15) is 0 Å². The Balaban J connectivity index is 1.30. The van der Waals surface area contributed by atoms with Crippen molar-refractivity contribution in [1.29, 1.82) is 0 Å². The fraction of sp³-hybridized carbons (Fsp3) is 0.579. The van der Waals surface area contributed by atoms with Crippen LogP contribution in [0.4, 0.5) is 0 Å². The molecule has 1 aromatic heterocycles. The van der Waals surface area contributed by atoms with Crippen molar-refractivity contribution in [3.8, 4) is 0 Å². The Labute approximate surface area is 163 Å². The fourth-order valence-corrected chi connectivity index (χ4v) is 5.13. The number of hydrogen-bond acceptors (Lipinski definition) is 4. The van der Waals surface area contributed by atoms with Crippen molar-refractivity contribution in [2.75, 3.05) is 20.1 Å². The van der Waals surface area contributed by atoms with E-state index >= 15 is 0 Å². The Morgan fingerprint density at radius 1 is 1.35 bits per heavy atom. The zero-order chi connectivity index (χ0) is 17.9. The van der Waals surface area contributed by atoms with Gasteiger partial charge in [0.05, 0.1) is 16.8 Å². The summed E-state index contributed by atoms with van der Waals surface area (Å²) in [4.78, 5) is 11.7. The number of likely N-dealkylation sites (tertiary alicyclic amines) is 1. The molecule has 26 heavy (non-hydrogen) atoms. The molecule has 4 rings (SSSR count). The van der Waals surface area contributed by atoms with Crippen LogP contribution in [0, 0.1) is 0 Å². The molecule has 2 fully saturated rings. The van der Waals surface area contributed by atoms with Crippen molar-refractivity contribution in [3.05, 3.63) is 28.2 Å². The molecule has 2 aromatic rings. The van der Waals surface area contributed by atoms with Crippen LogP contribution in [-0.2, 0) is 6.54 Å². The lowest BCUT2D eigenvalue weighted by Gasteiger charge is -2.24. The maximum atomic E-state index is 6.05. The van der Waals surface area contributed by atoms with E-state index in [-0.39, 0.29) is 0 Å². The largest absolute Gasteiger partial charge is 0.352 e. The molecule has 0 amide bonds. The lowest BCUT2D eigenvalue weighted by atomic mass is 10.2. The number of hydrogen-bond donors (Lipinski definition) is 2. The molecule has 0 bridgehead atoms. The van der Waals surface area contributed by atoms with Crippen molar-refractivity contribution >= 4 is 39.1 Å². The number of thiazole rings is 1. The summed E-state index contributed by atoms with van der Waals surface area (Å²) >= 11 is 7.74. The summed E-state index contributed by atoms with van der Waals surface area (Å²) < 4.78 is 1.16. The normalized spacial score (nSPS) is 22.4. The molecule has 2 N–H and O–H groups in total. The van der Waals surface area contributed by atoms with Crippen LogP contribution in [0.25, 0.3) is 10.2 Å². The van der Waals surface area contributed by atoms with Crippen LogP contribution in [0.2, 0.25) is 5.02 Å². The van der Waals surface area contributed by atoms with Gasteiger partial charge in [-0.15, -0.1) is 11.3 Å². The highest BCUT2D eigenvalue weighted by Crippen LogP contribution is 2.27. The van der Waals surface area contributed by atoms with Crippen LogP contribution < -0.4 is 10.6 Å². The summed E-state index contributed by atoms with van der Waals surface area (Å²) in [6, 6.07) is 7.15. The first-order valence-electron chi connectivity index (χ1n) is 9.47. The molecule has 0 radical (unpaired) electrons. The van der Waals surface area contributed by atoms with Crippen molar-refractivity contribution in [1.82, 2.24) is 20.5 Å². The number of benzene rings is 1. The maximum absolute atomic E-state index is 6.05. The molecule has 2 aliphatic rings. The molecule has 0 spiro atoms. The molecule has 1 saturated heterocycles. The highest BCUT2D eigenvalue weighted by Gasteiger charge is 2.30. The molecule has 2 heterocycles. The van der Waals surface area contributed by atoms with E-state index in [9.17, 15) is 0 Å². The minimum atomic E-state index is 0.482. The predicted molar refractivity (Wildman–Crippen MR) is 110 cm³/mol. The first kappa shape index (κ1) is 18.0. The topological polar surface area (TPSA) is 52.6 Å². The minimum absolute atomic E-state index is 0.482. The van der Waals surface area contributed by atoms with E-state index in [1.54, 1.807) is 11.3 Å². The number of fused-ring (bicyclic) bond motifs is 1. The summed E-state index contributed by atoms with van der Waals surface area (Å²) in [6.07, 6.45) is 6.74. The van der Waals surface area contributed by atoms with Crippen LogP contribution in [0.1, 0.15) is 37.1 Å². The Kier molecular flexibility index (Phi) is 5.62. The molecule has 5 nitrogen and oxygen atoms in total. The van der Waals surface area contributed by atoms with Crippen molar-refractivity contribution < 1.29 is 0 Å². The molecule has 7 heteroatoms. The Morgan fingerprint density at radius 2 is 2.19 bits per heavy atom. The van der Waals surface area contributed by atoms with Crippen LogP contribution in [0.15, 0.2) is 23.2 Å². The van der Waals surface area contributed by atoms with Gasteiger partial charge in [0, 0.05) is 37.2 Å². The van der Waals surface area contributed by atoms with Gasteiger partial charge in [0.1, 0.15) is 5.01 Å². The minimum Gasteiger partial charge on any atom is -0.352 e. The molecular weight excluding hydrogens is 366 g/mol. The van der Waals surface area contributed by atoms with Gasteiger partial charge in [-0.05, 0) is 37.5 Å². The smallest absolute Gasteiger partial charge is 0.191 e. The van der Waals surface area contributed by atoms with Gasteiger partial charge in [-0.25, -0.2) is 4.98 Å². The number of aromatic nitrogens is 1. The van der Waals surface area contributed by atoms with E-state index in [1.165, 1.54) is 38.6 Å². The maximum Gasteiger partial charge on any atom is 0.191 e. The molecule has 1 aliphatic carbocycles. The summed E-state index contributed by atoms with van der Waals surface area (Å²) in [7, 11) is 1.83. The Hall–Kier alpha value is -1.37. The van der Waals surface area contributed by atoms with E-state index in [0.717, 1.165) is 38.8 Å². The number of halogens is 1. The second-order valence-electron chi connectivity index (χ2n) is 7.21. The molecular formula is C19H26ClN5S. The van der Waals surface area contributed by atoms with Gasteiger partial charge in [-0.3, -0.25) is 9.89 Å². The zero-order valence-corrected chi connectivity index (χ0v) is 16.7. The third-order valence-corrected chi connectivity index (χ3v) is 6.70. The molecule has 1 aliphatic heterocycles. The predicted octanol–water partition coefficient (Wildman–Crippen LogP) is 3.63. The molecule has 1 aromatic carbocycles. The molecule has 1 saturated carbocycles. The van der Waals surface area contributed by atoms with Gasteiger partial charge >= 0.3 is 0 Å². The lowest BCUT2D eigenvalue weighted by molar-refractivity contribution is 0.242. The number of aliphatic imine (C=N–C) groups is 1. The highest BCUT2D eigenvalue weighted by molar-refractivity contribution is 7.18. The number of rotatable bonds is 4. The summed E-state index contributed by atoms with van der Waals surface area (Å²) in [5.74, 6) is 0.862. The first-order valence-corrected chi connectivity index (χ1v) is 10.7. The van der Waals surface area contributed by atoms with Gasteiger partial charge in [-0.1, -0.05) is 24.4 Å². The zero-order valence-electron chi connectivity index (χ0n) is 15.2. The van der Waals surface area contributed by atoms with Crippen molar-refractivity contribution in [2.45, 2.75) is 50.7 Å². The average Bonchev–Trinajstić information content (AvgIpc) is 3.37. The first-order chi connectivity index (χ1) is 12.7. The van der Waals surface area contributed by atoms with Gasteiger partial charge < -0.3 is 10.6 Å². The fourth-order valence-electron chi connectivity index (χ4n) is 4.08. The summed E-state index contributed by atoms with van der Waals surface area (Å²) in [6.45, 7) is 3.01. The number of guanidine groups is 1. The van der Waals surface area contributed by atoms with E-state index < -0.39 is 0 Å². The van der Waals surface area contributed by atoms with Gasteiger partial charge in [0.15, 0.2) is 5.96 Å². The highest BCUT2D eigenvalue weighted by atomic mass is 35.5. The lowest BCUT2D eigenvalue weighted by Crippen LogP contribution is -2.45. The Morgan fingerprint density at radius 3 is 3.00 bits per heavy atom. The standard InChI is InChI=1S/C19H26ClN5S/c1-21-19(23-14-8-9-25(12-14)15-4-2-3-5-15)22-11-18-24-16-10-13(20)6-7-17(16)26-18/h6-7,10,14-15H,2-5,8-9,11-12H2,1H3,(H2,21,22,23). The Bertz CT molecular complexity index is 783. The van der Waals surface area contributed by atoms with Crippen molar-refractivity contribution in [3.63, 3.8) is 0 Å². The number of nitrogens with one attached hydrogen (secondary N) is 2. The summed E-state index contributed by atoms with van der Waals surface area (Å²) in [5, 5.41) is 8.77. The molecule has 1 atom stereocenters. The second-order valence-corrected chi connectivity index (χ2v) is 8.76. The van der Waals surface area contributed by atoms with Gasteiger partial charge in [0.2, 0.25) is 0 Å². The quantitative estimate of drug-likeness (QED) is 0.617. The average molecular weight is 392 g/mol. The van der Waals surface area contributed by atoms with E-state index in [1.807, 2.05) is 25.2 Å². The van der Waals surface area contributed by atoms with Crippen molar-refractivity contribution in [2.24, 2.45) is 4.99 Å². The van der Waals surface area contributed by atoms with E-state index in [0.29, 0.717) is 12.6 Å². The van der Waals surface area contributed by atoms with Crippen LogP contribution in [0.3, 0.4) is 0 Å². The molecule has 140 valence electrons. The second kappa shape index (κ2) is 8.11.